The maximum absolute atomic E-state index is 6.20. The molecule has 1 fully saturated rings. The molecule has 0 atom stereocenters. The zero-order valence-electron chi connectivity index (χ0n) is 8.22. The highest BCUT2D eigenvalue weighted by Gasteiger charge is 2.34. The Labute approximate surface area is 89.0 Å². The summed E-state index contributed by atoms with van der Waals surface area (Å²) < 4.78 is 5.16. The molecular weight excluding hydrogens is 198 g/mol. The smallest absolute Gasteiger partial charge is 0.137 e. The van der Waals surface area contributed by atoms with Crippen molar-refractivity contribution in [1.29, 1.82) is 0 Å². The van der Waals surface area contributed by atoms with Crippen molar-refractivity contribution in [1.82, 2.24) is 0 Å². The minimum Gasteiger partial charge on any atom is -0.495 e. The Hall–Kier alpha value is -0.730. The molecule has 0 aromatic heterocycles. The van der Waals surface area contributed by atoms with Gasteiger partial charge in [0.05, 0.1) is 12.1 Å². The monoisotopic (exact) mass is 211 g/mol. The normalized spacial score (nSPS) is 18.8. The van der Waals surface area contributed by atoms with Gasteiger partial charge in [0.2, 0.25) is 0 Å². The van der Waals surface area contributed by atoms with Gasteiger partial charge < -0.3 is 10.5 Å². The van der Waals surface area contributed by atoms with E-state index in [1.165, 1.54) is 6.42 Å². The van der Waals surface area contributed by atoms with E-state index in [4.69, 9.17) is 22.1 Å². The number of nitrogens with two attached hydrogens (primary N) is 1. The van der Waals surface area contributed by atoms with E-state index < -0.39 is 0 Å². The first-order valence-corrected chi connectivity index (χ1v) is 5.16. The first kappa shape index (κ1) is 9.81. The van der Waals surface area contributed by atoms with E-state index in [9.17, 15) is 0 Å². The van der Waals surface area contributed by atoms with Crippen LogP contribution in [0.15, 0.2) is 18.2 Å². The van der Waals surface area contributed by atoms with Crippen molar-refractivity contribution >= 4 is 11.6 Å². The first-order valence-electron chi connectivity index (χ1n) is 4.79. The van der Waals surface area contributed by atoms with Gasteiger partial charge in [-0.15, -0.1) is 0 Å². The minimum atomic E-state index is -0.141. The molecule has 0 aliphatic heterocycles. The van der Waals surface area contributed by atoms with Crippen molar-refractivity contribution in [3.05, 3.63) is 28.8 Å². The Bertz CT molecular complexity index is 347. The molecule has 1 aliphatic carbocycles. The summed E-state index contributed by atoms with van der Waals surface area (Å²) in [7, 11) is 1.62. The van der Waals surface area contributed by atoms with Crippen molar-refractivity contribution in [2.75, 3.05) is 7.11 Å². The molecule has 0 bridgehead atoms. The molecule has 14 heavy (non-hydrogen) atoms. The number of hydrogen-bond acceptors (Lipinski definition) is 2. The molecule has 1 aromatic rings. The SMILES string of the molecule is COc1cc(C2(N)CCC2)ccc1Cl. The van der Waals surface area contributed by atoms with E-state index in [0.29, 0.717) is 10.8 Å². The van der Waals surface area contributed by atoms with Crippen molar-refractivity contribution < 1.29 is 4.74 Å². The summed E-state index contributed by atoms with van der Waals surface area (Å²) in [5, 5.41) is 0.638. The Kier molecular flexibility index (Phi) is 2.41. The van der Waals surface area contributed by atoms with E-state index in [1.54, 1.807) is 7.11 Å². The van der Waals surface area contributed by atoms with E-state index >= 15 is 0 Å². The second-order valence-electron chi connectivity index (χ2n) is 3.86. The maximum Gasteiger partial charge on any atom is 0.137 e. The Morgan fingerprint density at radius 1 is 1.43 bits per heavy atom. The largest absolute Gasteiger partial charge is 0.495 e. The van der Waals surface area contributed by atoms with Gasteiger partial charge in [-0.05, 0) is 37.0 Å². The van der Waals surface area contributed by atoms with Crippen LogP contribution in [0.2, 0.25) is 5.02 Å². The molecule has 2 nitrogen and oxygen atoms in total. The lowest BCUT2D eigenvalue weighted by Gasteiger charge is -2.38. The van der Waals surface area contributed by atoms with E-state index in [-0.39, 0.29) is 5.54 Å². The highest BCUT2D eigenvalue weighted by molar-refractivity contribution is 6.32. The predicted molar refractivity (Wildman–Crippen MR) is 57.7 cm³/mol. The Morgan fingerprint density at radius 2 is 2.14 bits per heavy atom. The van der Waals surface area contributed by atoms with Crippen molar-refractivity contribution in [2.45, 2.75) is 24.8 Å². The highest BCUT2D eigenvalue weighted by atomic mass is 35.5. The summed E-state index contributed by atoms with van der Waals surface area (Å²) in [6.45, 7) is 0. The molecule has 0 spiro atoms. The molecule has 3 heteroatoms. The topological polar surface area (TPSA) is 35.2 Å². The van der Waals surface area contributed by atoms with Gasteiger partial charge in [-0.2, -0.15) is 0 Å². The van der Waals surface area contributed by atoms with Gasteiger partial charge in [-0.25, -0.2) is 0 Å². The Morgan fingerprint density at radius 3 is 2.64 bits per heavy atom. The van der Waals surface area contributed by atoms with Crippen LogP contribution in [0.3, 0.4) is 0 Å². The Balaban J connectivity index is 2.35. The van der Waals surface area contributed by atoms with Crippen molar-refractivity contribution in [2.24, 2.45) is 5.73 Å². The average molecular weight is 212 g/mol. The van der Waals surface area contributed by atoms with Crippen LogP contribution in [0.25, 0.3) is 0 Å². The standard InChI is InChI=1S/C11H14ClNO/c1-14-10-7-8(3-4-9(10)12)11(13)5-2-6-11/h3-4,7H,2,5-6,13H2,1H3. The summed E-state index contributed by atoms with van der Waals surface area (Å²) in [5.74, 6) is 0.709. The van der Waals surface area contributed by atoms with Crippen LogP contribution >= 0.6 is 11.6 Å². The molecule has 76 valence electrons. The number of ether oxygens (including phenoxy) is 1. The molecule has 0 saturated heterocycles. The number of halogens is 1. The number of methoxy groups -OCH3 is 1. The number of rotatable bonds is 2. The third-order valence-corrected chi connectivity index (χ3v) is 3.28. The molecule has 0 unspecified atom stereocenters. The van der Waals surface area contributed by atoms with Gasteiger partial charge in [0.25, 0.3) is 0 Å². The lowest BCUT2D eigenvalue weighted by Crippen LogP contribution is -2.43. The van der Waals surface area contributed by atoms with Crippen molar-refractivity contribution in [3.8, 4) is 5.75 Å². The van der Waals surface area contributed by atoms with E-state index in [2.05, 4.69) is 0 Å². The summed E-state index contributed by atoms with van der Waals surface area (Å²) in [6, 6.07) is 5.79. The summed E-state index contributed by atoms with van der Waals surface area (Å²) in [5.41, 5.74) is 7.19. The van der Waals surface area contributed by atoms with Gasteiger partial charge in [-0.1, -0.05) is 17.7 Å². The van der Waals surface area contributed by atoms with Gasteiger partial charge in [0, 0.05) is 5.54 Å². The third kappa shape index (κ3) is 1.49. The quantitative estimate of drug-likeness (QED) is 0.817. The highest BCUT2D eigenvalue weighted by Crippen LogP contribution is 2.40. The molecule has 0 amide bonds. The fraction of sp³-hybridized carbons (Fsp3) is 0.455. The number of benzene rings is 1. The third-order valence-electron chi connectivity index (χ3n) is 2.97. The van der Waals surface area contributed by atoms with Crippen LogP contribution in [-0.2, 0) is 5.54 Å². The van der Waals surface area contributed by atoms with Crippen LogP contribution < -0.4 is 10.5 Å². The number of hydrogen-bond donors (Lipinski definition) is 1. The summed E-state index contributed by atoms with van der Waals surface area (Å²) >= 11 is 5.94. The predicted octanol–water partition coefficient (Wildman–Crippen LogP) is 2.69. The summed E-state index contributed by atoms with van der Waals surface area (Å²) in [6.07, 6.45) is 3.32. The second-order valence-corrected chi connectivity index (χ2v) is 4.27. The zero-order valence-corrected chi connectivity index (χ0v) is 8.97. The van der Waals surface area contributed by atoms with E-state index in [0.717, 1.165) is 18.4 Å². The minimum absolute atomic E-state index is 0.141. The summed E-state index contributed by atoms with van der Waals surface area (Å²) in [4.78, 5) is 0. The molecular formula is C11H14ClNO. The van der Waals surface area contributed by atoms with Crippen LogP contribution in [0.1, 0.15) is 24.8 Å². The molecule has 1 saturated carbocycles. The molecule has 2 rings (SSSR count). The lowest BCUT2D eigenvalue weighted by molar-refractivity contribution is 0.252. The van der Waals surface area contributed by atoms with Gasteiger partial charge in [-0.3, -0.25) is 0 Å². The fourth-order valence-electron chi connectivity index (χ4n) is 1.82. The molecule has 1 aromatic carbocycles. The van der Waals surface area contributed by atoms with Crippen LogP contribution in [-0.4, -0.2) is 7.11 Å². The van der Waals surface area contributed by atoms with Crippen LogP contribution in [0.5, 0.6) is 5.75 Å². The van der Waals surface area contributed by atoms with Gasteiger partial charge in [0.1, 0.15) is 5.75 Å². The average Bonchev–Trinajstić information content (AvgIpc) is 2.15. The van der Waals surface area contributed by atoms with Crippen LogP contribution in [0, 0.1) is 0 Å². The van der Waals surface area contributed by atoms with Crippen LogP contribution in [0.4, 0.5) is 0 Å². The molecule has 2 N–H and O–H groups in total. The molecule has 0 radical (unpaired) electrons. The first-order chi connectivity index (χ1) is 6.65. The fourth-order valence-corrected chi connectivity index (χ4v) is 2.01. The maximum atomic E-state index is 6.20. The molecule has 0 heterocycles. The molecule has 1 aliphatic rings. The van der Waals surface area contributed by atoms with Gasteiger partial charge >= 0.3 is 0 Å². The van der Waals surface area contributed by atoms with Gasteiger partial charge in [0.15, 0.2) is 0 Å². The van der Waals surface area contributed by atoms with E-state index in [1.807, 2.05) is 18.2 Å². The second kappa shape index (κ2) is 3.44. The van der Waals surface area contributed by atoms with Crippen molar-refractivity contribution in [3.63, 3.8) is 0 Å². The zero-order chi connectivity index (χ0) is 10.2. The lowest BCUT2D eigenvalue weighted by atomic mass is 9.73.